The van der Waals surface area contributed by atoms with E-state index in [1.807, 2.05) is 0 Å². The minimum absolute atomic E-state index is 0.0183. The van der Waals surface area contributed by atoms with Crippen molar-refractivity contribution in [2.24, 2.45) is 0 Å². The Morgan fingerprint density at radius 1 is 0.583 bits per heavy atom. The third kappa shape index (κ3) is 0.647. The van der Waals surface area contributed by atoms with E-state index in [0.29, 0.717) is 0 Å². The van der Waals surface area contributed by atoms with Crippen LogP contribution in [0.3, 0.4) is 0 Å². The fourth-order valence-electron chi connectivity index (χ4n) is 2.31. The van der Waals surface area contributed by atoms with Crippen LogP contribution in [0.4, 0.5) is 0 Å². The molecule has 0 saturated carbocycles. The Kier molecular flexibility index (Phi) is 1.13. The first-order chi connectivity index (χ1) is 5.16. The van der Waals surface area contributed by atoms with Crippen LogP contribution < -0.4 is 0 Å². The summed E-state index contributed by atoms with van der Waals surface area (Å²) >= 11 is 0. The van der Waals surface area contributed by atoms with Crippen molar-refractivity contribution < 1.29 is 9.47 Å². The summed E-state index contributed by atoms with van der Waals surface area (Å²) in [5.41, 5.74) is -0.224. The van der Waals surface area contributed by atoms with E-state index in [2.05, 4.69) is 41.5 Å². The molecular formula is C10H18O2. The molecule has 70 valence electrons. The van der Waals surface area contributed by atoms with Gasteiger partial charge in [-0.1, -0.05) is 0 Å². The van der Waals surface area contributed by atoms with Crippen molar-refractivity contribution in [3.8, 4) is 0 Å². The van der Waals surface area contributed by atoms with Crippen molar-refractivity contribution in [1.29, 1.82) is 0 Å². The van der Waals surface area contributed by atoms with Crippen LogP contribution in [0.5, 0.6) is 0 Å². The summed E-state index contributed by atoms with van der Waals surface area (Å²) in [6.07, 6.45) is 0. The highest BCUT2D eigenvalue weighted by Gasteiger charge is 2.82. The first kappa shape index (κ1) is 8.52. The van der Waals surface area contributed by atoms with E-state index in [0.717, 1.165) is 0 Å². The number of ether oxygens (including phenoxy) is 2. The summed E-state index contributed by atoms with van der Waals surface area (Å²) < 4.78 is 11.5. The van der Waals surface area contributed by atoms with Crippen LogP contribution >= 0.6 is 0 Å². The van der Waals surface area contributed by atoms with Crippen LogP contribution in [0.1, 0.15) is 41.5 Å². The molecule has 0 radical (unpaired) electrons. The second kappa shape index (κ2) is 1.60. The van der Waals surface area contributed by atoms with Gasteiger partial charge in [-0.3, -0.25) is 0 Å². The Balaban J connectivity index is 2.25. The van der Waals surface area contributed by atoms with Gasteiger partial charge in [0.25, 0.3) is 0 Å². The normalized spacial score (nSPS) is 53.5. The van der Waals surface area contributed by atoms with Gasteiger partial charge in [0, 0.05) is 0 Å². The Bertz CT molecular complexity index is 218. The standard InChI is InChI=1S/C10H18O2/c1-7(2)9(5,11-7)10(6)8(3,4)12-10/h1-6H3. The predicted molar refractivity (Wildman–Crippen MR) is 47.1 cm³/mol. The van der Waals surface area contributed by atoms with Gasteiger partial charge in [0.15, 0.2) is 0 Å². The molecule has 2 unspecified atom stereocenters. The Morgan fingerprint density at radius 2 is 0.750 bits per heavy atom. The fraction of sp³-hybridized carbons (Fsp3) is 1.00. The maximum Gasteiger partial charge on any atom is 0.126 e. The third-order valence-corrected chi connectivity index (χ3v) is 4.04. The van der Waals surface area contributed by atoms with E-state index in [9.17, 15) is 0 Å². The van der Waals surface area contributed by atoms with E-state index in [-0.39, 0.29) is 22.4 Å². The lowest BCUT2D eigenvalue weighted by atomic mass is 9.79. The number of hydrogen-bond donors (Lipinski definition) is 0. The van der Waals surface area contributed by atoms with Crippen molar-refractivity contribution in [2.45, 2.75) is 63.9 Å². The topological polar surface area (TPSA) is 25.1 Å². The van der Waals surface area contributed by atoms with Crippen molar-refractivity contribution >= 4 is 0 Å². The zero-order valence-corrected chi connectivity index (χ0v) is 8.82. The average Bonchev–Trinajstić information content (AvgIpc) is 2.49. The summed E-state index contributed by atoms with van der Waals surface area (Å²) in [4.78, 5) is 0. The van der Waals surface area contributed by atoms with Crippen LogP contribution in [0.2, 0.25) is 0 Å². The molecule has 12 heavy (non-hydrogen) atoms. The maximum atomic E-state index is 5.73. The van der Waals surface area contributed by atoms with E-state index >= 15 is 0 Å². The molecular weight excluding hydrogens is 152 g/mol. The Labute approximate surface area is 74.2 Å². The van der Waals surface area contributed by atoms with Gasteiger partial charge in [-0.05, 0) is 41.5 Å². The largest absolute Gasteiger partial charge is 0.360 e. The molecule has 2 saturated heterocycles. The quantitative estimate of drug-likeness (QED) is 0.563. The van der Waals surface area contributed by atoms with Crippen LogP contribution in [0, 0.1) is 0 Å². The summed E-state index contributed by atoms with van der Waals surface area (Å²) in [7, 11) is 0. The molecule has 0 spiro atoms. The van der Waals surface area contributed by atoms with Gasteiger partial charge in [-0.2, -0.15) is 0 Å². The summed E-state index contributed by atoms with van der Waals surface area (Å²) in [6, 6.07) is 0. The highest BCUT2D eigenvalue weighted by Crippen LogP contribution is 2.66. The second-order valence-corrected chi connectivity index (χ2v) is 5.29. The molecule has 2 heteroatoms. The Morgan fingerprint density at radius 3 is 0.833 bits per heavy atom. The number of rotatable bonds is 1. The summed E-state index contributed by atoms with van der Waals surface area (Å²) in [6.45, 7) is 12.8. The monoisotopic (exact) mass is 170 g/mol. The smallest absolute Gasteiger partial charge is 0.126 e. The van der Waals surface area contributed by atoms with E-state index in [4.69, 9.17) is 9.47 Å². The zero-order valence-electron chi connectivity index (χ0n) is 8.82. The molecule has 2 aliphatic heterocycles. The van der Waals surface area contributed by atoms with Gasteiger partial charge in [-0.25, -0.2) is 0 Å². The van der Waals surface area contributed by atoms with E-state index < -0.39 is 0 Å². The lowest BCUT2D eigenvalue weighted by Crippen LogP contribution is -2.37. The third-order valence-electron chi connectivity index (χ3n) is 4.04. The molecule has 2 nitrogen and oxygen atoms in total. The average molecular weight is 170 g/mol. The SMILES string of the molecule is CC1(C)OC1(C)C1(C)OC1(C)C. The molecule has 2 heterocycles. The van der Waals surface area contributed by atoms with Gasteiger partial charge < -0.3 is 9.47 Å². The zero-order chi connectivity index (χ0) is 9.41. The van der Waals surface area contributed by atoms with E-state index in [1.54, 1.807) is 0 Å². The second-order valence-electron chi connectivity index (χ2n) is 5.29. The minimum Gasteiger partial charge on any atom is -0.360 e. The van der Waals surface area contributed by atoms with Gasteiger partial charge in [0.05, 0.1) is 11.2 Å². The minimum atomic E-state index is -0.0938. The first-order valence-electron chi connectivity index (χ1n) is 4.57. The summed E-state index contributed by atoms with van der Waals surface area (Å²) in [5.74, 6) is 0. The molecule has 0 amide bonds. The molecule has 2 atom stereocenters. The van der Waals surface area contributed by atoms with Crippen LogP contribution in [0.25, 0.3) is 0 Å². The molecule has 0 aromatic heterocycles. The van der Waals surface area contributed by atoms with Gasteiger partial charge in [0.2, 0.25) is 0 Å². The van der Waals surface area contributed by atoms with Crippen LogP contribution in [-0.2, 0) is 9.47 Å². The molecule has 0 aliphatic carbocycles. The lowest BCUT2D eigenvalue weighted by Gasteiger charge is -2.16. The van der Waals surface area contributed by atoms with Crippen LogP contribution in [-0.4, -0.2) is 22.4 Å². The van der Waals surface area contributed by atoms with Crippen molar-refractivity contribution in [1.82, 2.24) is 0 Å². The van der Waals surface area contributed by atoms with Gasteiger partial charge in [-0.15, -0.1) is 0 Å². The number of hydrogen-bond acceptors (Lipinski definition) is 2. The molecule has 0 aromatic rings. The Hall–Kier alpha value is -0.0800. The van der Waals surface area contributed by atoms with E-state index in [1.165, 1.54) is 0 Å². The highest BCUT2D eigenvalue weighted by molar-refractivity contribution is 5.29. The highest BCUT2D eigenvalue weighted by atomic mass is 16.7. The summed E-state index contributed by atoms with van der Waals surface area (Å²) in [5, 5.41) is 0. The maximum absolute atomic E-state index is 5.73. The molecule has 0 N–H and O–H groups in total. The molecule has 2 rings (SSSR count). The van der Waals surface area contributed by atoms with Crippen LogP contribution in [0.15, 0.2) is 0 Å². The fourth-order valence-corrected chi connectivity index (χ4v) is 2.31. The molecule has 0 aromatic carbocycles. The van der Waals surface area contributed by atoms with Gasteiger partial charge in [0.1, 0.15) is 11.2 Å². The lowest BCUT2D eigenvalue weighted by molar-refractivity contribution is 0.179. The molecule has 2 aliphatic rings. The van der Waals surface area contributed by atoms with Crippen molar-refractivity contribution in [3.63, 3.8) is 0 Å². The van der Waals surface area contributed by atoms with Gasteiger partial charge >= 0.3 is 0 Å². The van der Waals surface area contributed by atoms with Crippen molar-refractivity contribution in [3.05, 3.63) is 0 Å². The molecule has 2 fully saturated rings. The predicted octanol–water partition coefficient (Wildman–Crippen LogP) is 2.12. The first-order valence-corrected chi connectivity index (χ1v) is 4.57. The molecule has 0 bridgehead atoms. The number of epoxide rings is 2. The van der Waals surface area contributed by atoms with Crippen molar-refractivity contribution in [2.75, 3.05) is 0 Å².